The van der Waals surface area contributed by atoms with Crippen molar-refractivity contribution in [3.63, 3.8) is 0 Å². The highest BCUT2D eigenvalue weighted by Gasteiger charge is 2.45. The number of carbonyl (C=O) groups is 1. The van der Waals surface area contributed by atoms with Crippen LogP contribution in [-0.2, 0) is 14.8 Å². The molecule has 2 saturated heterocycles. The largest absolute Gasteiger partial charge is 0.449 e. The van der Waals surface area contributed by atoms with E-state index in [1.807, 2.05) is 19.1 Å². The van der Waals surface area contributed by atoms with Crippen LogP contribution < -0.4 is 5.32 Å². The third-order valence-corrected chi connectivity index (χ3v) is 7.18. The summed E-state index contributed by atoms with van der Waals surface area (Å²) in [6.45, 7) is 2.98. The summed E-state index contributed by atoms with van der Waals surface area (Å²) < 4.78 is 37.1. The van der Waals surface area contributed by atoms with Crippen molar-refractivity contribution in [2.75, 3.05) is 20.2 Å². The third kappa shape index (κ3) is 3.96. The van der Waals surface area contributed by atoms with Gasteiger partial charge in [0.25, 0.3) is 5.91 Å². The molecular weight excluding hydrogens is 406 g/mol. The van der Waals surface area contributed by atoms with E-state index in [-0.39, 0.29) is 18.1 Å². The third-order valence-electron chi connectivity index (χ3n) is 5.25. The molecule has 2 aliphatic heterocycles. The van der Waals surface area contributed by atoms with Gasteiger partial charge in [0.2, 0.25) is 10.0 Å². The summed E-state index contributed by atoms with van der Waals surface area (Å²) in [4.78, 5) is 15.4. The van der Waals surface area contributed by atoms with Gasteiger partial charge >= 0.3 is 0 Å². The lowest BCUT2D eigenvalue weighted by molar-refractivity contribution is 0.0608. The molecule has 2 unspecified atom stereocenters. The minimum absolute atomic E-state index is 0.0336. The average Bonchev–Trinajstić information content (AvgIpc) is 3.49. The predicted octanol–water partition coefficient (Wildman–Crippen LogP) is 2.34. The van der Waals surface area contributed by atoms with Crippen LogP contribution in [-0.4, -0.2) is 56.0 Å². The van der Waals surface area contributed by atoms with E-state index in [1.165, 1.54) is 0 Å². The van der Waals surface area contributed by atoms with Gasteiger partial charge in [-0.1, -0.05) is 17.7 Å². The molecule has 1 amide bonds. The molecule has 2 aliphatic rings. The monoisotopic (exact) mass is 429 g/mol. The Hall–Kier alpha value is -2.75. The molecule has 0 radical (unpaired) electrons. The second-order valence-electron chi connectivity index (χ2n) is 7.34. The fraction of sp³-hybridized carbons (Fsp3) is 0.333. The SMILES string of the molecule is CNC(=O)c1cc2ccncc2o1.Cc1ccc(S(=O)(=O)N2CC3CC2CO3)cc1. The maximum Gasteiger partial charge on any atom is 0.286 e. The molecule has 158 valence electrons. The van der Waals surface area contributed by atoms with E-state index >= 15 is 0 Å². The number of ether oxygens (including phenoxy) is 1. The van der Waals surface area contributed by atoms with Crippen molar-refractivity contribution < 1.29 is 22.4 Å². The average molecular weight is 429 g/mol. The van der Waals surface area contributed by atoms with E-state index in [1.54, 1.807) is 48.0 Å². The number of rotatable bonds is 3. The zero-order valence-corrected chi connectivity index (χ0v) is 17.6. The number of aromatic nitrogens is 1. The van der Waals surface area contributed by atoms with Crippen LogP contribution in [0.3, 0.4) is 0 Å². The van der Waals surface area contributed by atoms with Crippen molar-refractivity contribution in [1.29, 1.82) is 0 Å². The molecule has 2 aromatic heterocycles. The van der Waals surface area contributed by atoms with E-state index < -0.39 is 10.0 Å². The quantitative estimate of drug-likeness (QED) is 0.686. The summed E-state index contributed by atoms with van der Waals surface area (Å²) in [5.41, 5.74) is 1.69. The van der Waals surface area contributed by atoms with Crippen LogP contribution in [0.2, 0.25) is 0 Å². The normalized spacial score (nSPS) is 20.7. The fourth-order valence-electron chi connectivity index (χ4n) is 3.62. The van der Waals surface area contributed by atoms with Gasteiger partial charge in [0.05, 0.1) is 29.8 Å². The topological polar surface area (TPSA) is 102 Å². The fourth-order valence-corrected chi connectivity index (χ4v) is 5.28. The van der Waals surface area contributed by atoms with Crippen LogP contribution in [0, 0.1) is 6.92 Å². The number of morpholine rings is 1. The van der Waals surface area contributed by atoms with Crippen LogP contribution in [0.5, 0.6) is 0 Å². The Balaban J connectivity index is 0.000000151. The number of hydrogen-bond donors (Lipinski definition) is 1. The van der Waals surface area contributed by atoms with Crippen LogP contribution in [0.4, 0.5) is 0 Å². The van der Waals surface area contributed by atoms with E-state index in [0.717, 1.165) is 17.4 Å². The lowest BCUT2D eigenvalue weighted by atomic mass is 10.2. The summed E-state index contributed by atoms with van der Waals surface area (Å²) in [5.74, 6) is 0.0849. The van der Waals surface area contributed by atoms with Crippen molar-refractivity contribution in [3.05, 3.63) is 60.1 Å². The number of nitrogens with one attached hydrogen (secondary N) is 1. The summed E-state index contributed by atoms with van der Waals surface area (Å²) in [6.07, 6.45) is 4.18. The maximum absolute atomic E-state index is 12.4. The lowest BCUT2D eigenvalue weighted by Gasteiger charge is -2.26. The van der Waals surface area contributed by atoms with Gasteiger partial charge < -0.3 is 14.5 Å². The van der Waals surface area contributed by atoms with Crippen molar-refractivity contribution in [2.24, 2.45) is 0 Å². The van der Waals surface area contributed by atoms with Gasteiger partial charge in [-0.15, -0.1) is 0 Å². The standard InChI is InChI=1S/C12H15NO3S.C9H8N2O2/c1-9-2-4-12(5-3-9)17(14,15)13-7-11-6-10(13)8-16-11;1-10-9(12)7-4-6-2-3-11-5-8(6)13-7/h2-5,10-11H,6-8H2,1H3;2-5H,1H3,(H,10,12). The number of amides is 1. The zero-order chi connectivity index (χ0) is 21.3. The molecule has 8 nitrogen and oxygen atoms in total. The number of pyridine rings is 1. The van der Waals surface area contributed by atoms with Gasteiger partial charge in [-0.05, 0) is 37.6 Å². The Morgan fingerprint density at radius 3 is 2.60 bits per heavy atom. The summed E-state index contributed by atoms with van der Waals surface area (Å²) >= 11 is 0. The van der Waals surface area contributed by atoms with Gasteiger partial charge in [-0.3, -0.25) is 9.78 Å². The number of aryl methyl sites for hydroxylation is 1. The number of fused-ring (bicyclic) bond motifs is 3. The molecule has 5 rings (SSSR count). The zero-order valence-electron chi connectivity index (χ0n) is 16.7. The summed E-state index contributed by atoms with van der Waals surface area (Å²) in [6, 6.07) is 10.5. The first-order valence-electron chi connectivity index (χ1n) is 9.64. The van der Waals surface area contributed by atoms with Gasteiger partial charge in [0.1, 0.15) is 0 Å². The molecule has 3 aromatic rings. The van der Waals surface area contributed by atoms with Crippen molar-refractivity contribution in [3.8, 4) is 0 Å². The van der Waals surface area contributed by atoms with Crippen LogP contribution >= 0.6 is 0 Å². The minimum atomic E-state index is -3.33. The molecule has 2 atom stereocenters. The highest BCUT2D eigenvalue weighted by Crippen LogP contribution is 2.32. The number of benzene rings is 1. The molecule has 9 heteroatoms. The molecule has 30 heavy (non-hydrogen) atoms. The highest BCUT2D eigenvalue weighted by molar-refractivity contribution is 7.89. The number of nitrogens with zero attached hydrogens (tertiary/aromatic N) is 2. The van der Waals surface area contributed by atoms with Gasteiger partial charge in [0.15, 0.2) is 11.3 Å². The number of carbonyl (C=O) groups excluding carboxylic acids is 1. The van der Waals surface area contributed by atoms with Crippen LogP contribution in [0.25, 0.3) is 11.0 Å². The first-order valence-corrected chi connectivity index (χ1v) is 11.1. The second-order valence-corrected chi connectivity index (χ2v) is 9.23. The number of furan rings is 1. The van der Waals surface area contributed by atoms with Crippen molar-refractivity contribution in [2.45, 2.75) is 30.4 Å². The van der Waals surface area contributed by atoms with E-state index in [4.69, 9.17) is 9.15 Å². The first kappa shape index (κ1) is 20.5. The Morgan fingerprint density at radius 2 is 2.00 bits per heavy atom. The van der Waals surface area contributed by atoms with Crippen molar-refractivity contribution >= 4 is 26.9 Å². The van der Waals surface area contributed by atoms with Crippen LogP contribution in [0.15, 0.2) is 58.1 Å². The number of hydrogen-bond acceptors (Lipinski definition) is 6. The first-order chi connectivity index (χ1) is 14.4. The van der Waals surface area contributed by atoms with E-state index in [2.05, 4.69) is 10.3 Å². The Bertz CT molecular complexity index is 1120. The smallest absolute Gasteiger partial charge is 0.286 e. The molecule has 4 heterocycles. The Kier molecular flexibility index (Phi) is 5.59. The Morgan fingerprint density at radius 1 is 1.23 bits per heavy atom. The van der Waals surface area contributed by atoms with Gasteiger partial charge in [-0.25, -0.2) is 8.42 Å². The summed E-state index contributed by atoms with van der Waals surface area (Å²) in [5, 5.41) is 3.37. The van der Waals surface area contributed by atoms with Crippen LogP contribution in [0.1, 0.15) is 22.5 Å². The van der Waals surface area contributed by atoms with E-state index in [9.17, 15) is 13.2 Å². The molecule has 2 fully saturated rings. The van der Waals surface area contributed by atoms with Gasteiger partial charge in [-0.2, -0.15) is 4.31 Å². The minimum Gasteiger partial charge on any atom is -0.449 e. The molecule has 0 aliphatic carbocycles. The highest BCUT2D eigenvalue weighted by atomic mass is 32.2. The molecule has 1 N–H and O–H groups in total. The van der Waals surface area contributed by atoms with E-state index in [0.29, 0.717) is 29.4 Å². The number of sulfonamides is 1. The second kappa shape index (κ2) is 8.17. The predicted molar refractivity (Wildman–Crippen MR) is 111 cm³/mol. The molecule has 1 aromatic carbocycles. The maximum atomic E-state index is 12.4. The van der Waals surface area contributed by atoms with Gasteiger partial charge in [0, 0.05) is 25.2 Å². The molecule has 2 bridgehead atoms. The molecule has 0 saturated carbocycles. The molecular formula is C21H23N3O5S. The van der Waals surface area contributed by atoms with Crippen molar-refractivity contribution in [1.82, 2.24) is 14.6 Å². The Labute approximate surface area is 174 Å². The molecule has 0 spiro atoms. The lowest BCUT2D eigenvalue weighted by Crippen LogP contribution is -2.41. The summed E-state index contributed by atoms with van der Waals surface area (Å²) in [7, 11) is -1.77.